The molecule has 5 nitrogen and oxygen atoms in total. The standard InChI is InChI=1S/C18H29N3O2/c1-13(2)16-10-9-15(17(22)20(16)5)18(23)21-11-7-6-8-14(12-21)19(3)4/h9-10,13-14H,6-8,11-12H2,1-5H3/t14-/m0/s1. The molecule has 1 aromatic heterocycles. The Balaban J connectivity index is 2.29. The number of hydrogen-bond acceptors (Lipinski definition) is 3. The summed E-state index contributed by atoms with van der Waals surface area (Å²) in [6.45, 7) is 5.53. The predicted octanol–water partition coefficient (Wildman–Crippen LogP) is 2.06. The highest BCUT2D eigenvalue weighted by atomic mass is 16.2. The quantitative estimate of drug-likeness (QED) is 0.857. The van der Waals surface area contributed by atoms with Gasteiger partial charge in [-0.05, 0) is 45.0 Å². The number of rotatable bonds is 3. The molecule has 23 heavy (non-hydrogen) atoms. The lowest BCUT2D eigenvalue weighted by atomic mass is 10.1. The van der Waals surface area contributed by atoms with Crippen molar-refractivity contribution in [3.05, 3.63) is 33.7 Å². The minimum Gasteiger partial charge on any atom is -0.337 e. The molecule has 5 heteroatoms. The molecule has 0 radical (unpaired) electrons. The predicted molar refractivity (Wildman–Crippen MR) is 93.0 cm³/mol. The van der Waals surface area contributed by atoms with Gasteiger partial charge >= 0.3 is 0 Å². The van der Waals surface area contributed by atoms with Gasteiger partial charge in [0.15, 0.2) is 0 Å². The van der Waals surface area contributed by atoms with Crippen LogP contribution in [0.25, 0.3) is 0 Å². The monoisotopic (exact) mass is 319 g/mol. The minimum absolute atomic E-state index is 0.130. The zero-order chi connectivity index (χ0) is 17.1. The molecule has 1 aliphatic heterocycles. The highest BCUT2D eigenvalue weighted by Gasteiger charge is 2.26. The second kappa shape index (κ2) is 7.30. The van der Waals surface area contributed by atoms with Crippen LogP contribution in [-0.2, 0) is 7.05 Å². The molecule has 128 valence electrons. The molecule has 0 N–H and O–H groups in total. The van der Waals surface area contributed by atoms with Crippen molar-refractivity contribution in [3.63, 3.8) is 0 Å². The molecule has 1 fully saturated rings. The summed E-state index contributed by atoms with van der Waals surface area (Å²) >= 11 is 0. The van der Waals surface area contributed by atoms with Crippen molar-refractivity contribution in [1.29, 1.82) is 0 Å². The molecule has 0 spiro atoms. The van der Waals surface area contributed by atoms with Crippen LogP contribution in [-0.4, -0.2) is 53.5 Å². The Kier molecular flexibility index (Phi) is 5.63. The van der Waals surface area contributed by atoms with Crippen LogP contribution in [0.4, 0.5) is 0 Å². The van der Waals surface area contributed by atoms with E-state index in [9.17, 15) is 9.59 Å². The molecule has 0 bridgehead atoms. The zero-order valence-corrected chi connectivity index (χ0v) is 15.0. The third kappa shape index (κ3) is 3.83. The van der Waals surface area contributed by atoms with E-state index in [4.69, 9.17) is 0 Å². The van der Waals surface area contributed by atoms with E-state index in [1.54, 1.807) is 17.7 Å². The summed E-state index contributed by atoms with van der Waals surface area (Å²) in [7, 11) is 5.85. The summed E-state index contributed by atoms with van der Waals surface area (Å²) in [6, 6.07) is 3.97. The Morgan fingerprint density at radius 1 is 1.26 bits per heavy atom. The van der Waals surface area contributed by atoms with Crippen molar-refractivity contribution in [2.45, 2.75) is 45.1 Å². The van der Waals surface area contributed by atoms with Crippen molar-refractivity contribution in [2.24, 2.45) is 7.05 Å². The van der Waals surface area contributed by atoms with Crippen LogP contribution in [0.15, 0.2) is 16.9 Å². The minimum atomic E-state index is -0.188. The molecular formula is C18H29N3O2. The smallest absolute Gasteiger partial charge is 0.263 e. The summed E-state index contributed by atoms with van der Waals surface area (Å²) in [5, 5.41) is 0. The third-order valence-electron chi connectivity index (χ3n) is 4.83. The van der Waals surface area contributed by atoms with Crippen LogP contribution in [0.2, 0.25) is 0 Å². The number of aromatic nitrogens is 1. The fourth-order valence-corrected chi connectivity index (χ4v) is 3.29. The van der Waals surface area contributed by atoms with E-state index < -0.39 is 0 Å². The van der Waals surface area contributed by atoms with E-state index in [1.807, 2.05) is 24.8 Å². The van der Waals surface area contributed by atoms with Crippen molar-refractivity contribution < 1.29 is 4.79 Å². The first-order chi connectivity index (χ1) is 10.8. The Morgan fingerprint density at radius 2 is 1.96 bits per heavy atom. The SMILES string of the molecule is CC(C)c1ccc(C(=O)N2CCCC[C@H](N(C)C)C2)c(=O)n1C. The van der Waals surface area contributed by atoms with Gasteiger partial charge in [0, 0.05) is 31.9 Å². The molecule has 1 amide bonds. The second-order valence-corrected chi connectivity index (χ2v) is 7.06. The summed E-state index contributed by atoms with van der Waals surface area (Å²) in [5.74, 6) is 0.128. The molecule has 1 aliphatic rings. The van der Waals surface area contributed by atoms with Crippen molar-refractivity contribution in [2.75, 3.05) is 27.2 Å². The maximum absolute atomic E-state index is 12.9. The van der Waals surface area contributed by atoms with Crippen molar-refractivity contribution in [3.8, 4) is 0 Å². The maximum Gasteiger partial charge on any atom is 0.263 e. The van der Waals surface area contributed by atoms with Crippen molar-refractivity contribution in [1.82, 2.24) is 14.4 Å². The molecule has 1 aromatic rings. The Hall–Kier alpha value is -1.62. The molecule has 0 saturated carbocycles. The molecule has 0 unspecified atom stereocenters. The lowest BCUT2D eigenvalue weighted by Gasteiger charge is -2.28. The number of amides is 1. The summed E-state index contributed by atoms with van der Waals surface area (Å²) < 4.78 is 1.61. The van der Waals surface area contributed by atoms with Gasteiger partial charge < -0.3 is 14.4 Å². The van der Waals surface area contributed by atoms with Gasteiger partial charge in [-0.1, -0.05) is 20.3 Å². The first kappa shape index (κ1) is 17.7. The average molecular weight is 319 g/mol. The number of pyridine rings is 1. The van der Waals surface area contributed by atoms with E-state index in [1.165, 1.54) is 0 Å². The van der Waals surface area contributed by atoms with E-state index in [-0.39, 0.29) is 22.9 Å². The first-order valence-corrected chi connectivity index (χ1v) is 8.48. The van der Waals surface area contributed by atoms with Gasteiger partial charge in [0.25, 0.3) is 11.5 Å². The van der Waals surface area contributed by atoms with Crippen LogP contribution >= 0.6 is 0 Å². The van der Waals surface area contributed by atoms with Crippen LogP contribution < -0.4 is 5.56 Å². The lowest BCUT2D eigenvalue weighted by molar-refractivity contribution is 0.0723. The van der Waals surface area contributed by atoms with Gasteiger partial charge in [0.05, 0.1) is 0 Å². The number of hydrogen-bond donors (Lipinski definition) is 0. The molecule has 1 atom stereocenters. The Morgan fingerprint density at radius 3 is 2.57 bits per heavy atom. The highest BCUT2D eigenvalue weighted by Crippen LogP contribution is 2.17. The van der Waals surface area contributed by atoms with Gasteiger partial charge in [-0.15, -0.1) is 0 Å². The summed E-state index contributed by atoms with van der Waals surface area (Å²) in [5.41, 5.74) is 1.05. The largest absolute Gasteiger partial charge is 0.337 e. The van der Waals surface area contributed by atoms with Gasteiger partial charge in [-0.2, -0.15) is 0 Å². The van der Waals surface area contributed by atoms with Gasteiger partial charge in [-0.25, -0.2) is 0 Å². The molecular weight excluding hydrogens is 290 g/mol. The lowest BCUT2D eigenvalue weighted by Crippen LogP contribution is -2.43. The second-order valence-electron chi connectivity index (χ2n) is 7.06. The third-order valence-corrected chi connectivity index (χ3v) is 4.83. The van der Waals surface area contributed by atoms with Gasteiger partial charge in [0.1, 0.15) is 5.56 Å². The normalized spacial score (nSPS) is 19.3. The Labute approximate surface area is 138 Å². The van der Waals surface area contributed by atoms with E-state index in [2.05, 4.69) is 19.0 Å². The number of likely N-dealkylation sites (tertiary alicyclic amines) is 1. The fraction of sp³-hybridized carbons (Fsp3) is 0.667. The number of likely N-dealkylation sites (N-methyl/N-ethyl adjacent to an activating group) is 1. The molecule has 0 aromatic carbocycles. The van der Waals surface area contributed by atoms with Crippen LogP contribution in [0.1, 0.15) is 55.1 Å². The van der Waals surface area contributed by atoms with Crippen LogP contribution in [0, 0.1) is 0 Å². The first-order valence-electron chi connectivity index (χ1n) is 8.48. The fourth-order valence-electron chi connectivity index (χ4n) is 3.29. The number of carbonyl (C=O) groups is 1. The highest BCUT2D eigenvalue weighted by molar-refractivity contribution is 5.94. The van der Waals surface area contributed by atoms with Crippen molar-refractivity contribution >= 4 is 5.91 Å². The number of nitrogens with zero attached hydrogens (tertiary/aromatic N) is 3. The molecule has 0 aliphatic carbocycles. The molecule has 2 rings (SSSR count). The Bertz CT molecular complexity index is 619. The van der Waals surface area contributed by atoms with Crippen LogP contribution in [0.3, 0.4) is 0 Å². The average Bonchev–Trinajstić information content (AvgIpc) is 2.75. The van der Waals surface area contributed by atoms with Gasteiger partial charge in [-0.3, -0.25) is 9.59 Å². The van der Waals surface area contributed by atoms with E-state index >= 15 is 0 Å². The molecule has 1 saturated heterocycles. The zero-order valence-electron chi connectivity index (χ0n) is 15.0. The van der Waals surface area contributed by atoms with E-state index in [0.717, 1.165) is 31.5 Å². The molecule has 2 heterocycles. The van der Waals surface area contributed by atoms with E-state index in [0.29, 0.717) is 12.6 Å². The van der Waals surface area contributed by atoms with Gasteiger partial charge in [0.2, 0.25) is 0 Å². The number of carbonyl (C=O) groups excluding carboxylic acids is 1. The topological polar surface area (TPSA) is 45.6 Å². The maximum atomic E-state index is 12.9. The summed E-state index contributed by atoms with van der Waals surface area (Å²) in [6.07, 6.45) is 3.22. The van der Waals surface area contributed by atoms with Crippen LogP contribution in [0.5, 0.6) is 0 Å². The summed E-state index contributed by atoms with van der Waals surface area (Å²) in [4.78, 5) is 29.5.